The number of unbranched alkanes of at least 4 members (excludes halogenated alkanes) is 37. The van der Waals surface area contributed by atoms with Gasteiger partial charge in [0.15, 0.2) is 12.2 Å². The van der Waals surface area contributed by atoms with Gasteiger partial charge in [-0.05, 0) is 51.4 Å². The number of hydrogen-bond acceptors (Lipinski definition) is 15. The number of ether oxygens (including phenoxy) is 4. The maximum atomic E-state index is 13.0. The van der Waals surface area contributed by atoms with Crippen molar-refractivity contribution in [3.63, 3.8) is 0 Å². The summed E-state index contributed by atoms with van der Waals surface area (Å²) in [4.78, 5) is 72.3. The highest BCUT2D eigenvalue weighted by Crippen LogP contribution is 2.45. The lowest BCUT2D eigenvalue weighted by Crippen LogP contribution is -2.30. The maximum absolute atomic E-state index is 13.0. The van der Waals surface area contributed by atoms with E-state index in [1.807, 2.05) is 0 Å². The van der Waals surface area contributed by atoms with Gasteiger partial charge in [-0.1, -0.05) is 270 Å². The van der Waals surface area contributed by atoms with E-state index in [0.717, 1.165) is 103 Å². The molecule has 0 aromatic carbocycles. The van der Waals surface area contributed by atoms with Crippen molar-refractivity contribution in [1.82, 2.24) is 0 Å². The first-order chi connectivity index (χ1) is 41.7. The lowest BCUT2D eigenvalue weighted by atomic mass is 10.1. The highest BCUT2D eigenvalue weighted by Gasteiger charge is 2.30. The molecule has 86 heavy (non-hydrogen) atoms. The number of phosphoric ester groups is 2. The first-order valence-corrected chi connectivity index (χ1v) is 37.6. The highest BCUT2D eigenvalue weighted by atomic mass is 31.2. The van der Waals surface area contributed by atoms with Crippen molar-refractivity contribution < 1.29 is 80.2 Å². The number of carbonyl (C=O) groups excluding carboxylic acids is 4. The van der Waals surface area contributed by atoms with E-state index in [1.165, 1.54) is 141 Å². The van der Waals surface area contributed by atoms with E-state index in [2.05, 4.69) is 52.0 Å². The fourth-order valence-corrected chi connectivity index (χ4v) is 11.2. The van der Waals surface area contributed by atoms with E-state index in [9.17, 15) is 43.2 Å². The molecule has 0 rings (SSSR count). The van der Waals surface area contributed by atoms with E-state index >= 15 is 0 Å². The molecule has 0 saturated heterocycles. The third-order valence-corrected chi connectivity index (χ3v) is 16.9. The van der Waals surface area contributed by atoms with Gasteiger partial charge in [0.05, 0.1) is 26.4 Å². The molecule has 0 amide bonds. The van der Waals surface area contributed by atoms with Crippen molar-refractivity contribution in [2.45, 2.75) is 341 Å². The Hall–Kier alpha value is -2.46. The zero-order chi connectivity index (χ0) is 63.3. The number of aliphatic hydroxyl groups is 1. The van der Waals surface area contributed by atoms with Gasteiger partial charge in [-0.15, -0.1) is 0 Å². The van der Waals surface area contributed by atoms with Gasteiger partial charge in [-0.25, -0.2) is 9.13 Å². The van der Waals surface area contributed by atoms with Gasteiger partial charge in [0.2, 0.25) is 0 Å². The molecule has 0 saturated carbocycles. The van der Waals surface area contributed by atoms with Gasteiger partial charge in [-0.3, -0.25) is 37.3 Å². The molecule has 0 aromatic heterocycles. The van der Waals surface area contributed by atoms with Gasteiger partial charge in [-0.2, -0.15) is 0 Å². The number of aliphatic hydroxyl groups excluding tert-OH is 1. The van der Waals surface area contributed by atoms with Crippen LogP contribution in [0.5, 0.6) is 0 Å². The van der Waals surface area contributed by atoms with Gasteiger partial charge < -0.3 is 33.8 Å². The minimum atomic E-state index is -4.95. The number of esters is 4. The van der Waals surface area contributed by atoms with Crippen LogP contribution in [0.2, 0.25) is 0 Å². The molecule has 0 aliphatic carbocycles. The number of carbonyl (C=O) groups is 4. The molecule has 0 fully saturated rings. The van der Waals surface area contributed by atoms with Crippen LogP contribution in [-0.2, 0) is 65.4 Å². The van der Waals surface area contributed by atoms with Crippen molar-refractivity contribution in [3.05, 3.63) is 24.3 Å². The van der Waals surface area contributed by atoms with Gasteiger partial charge in [0.1, 0.15) is 19.3 Å². The lowest BCUT2D eigenvalue weighted by molar-refractivity contribution is -0.161. The number of rotatable bonds is 66. The molecule has 0 spiro atoms. The molecular weight excluding hydrogens is 1140 g/mol. The first kappa shape index (κ1) is 83.5. The molecule has 2 unspecified atom stereocenters. The van der Waals surface area contributed by atoms with Crippen LogP contribution in [0, 0.1) is 0 Å². The van der Waals surface area contributed by atoms with Crippen molar-refractivity contribution in [3.8, 4) is 0 Å². The Morgan fingerprint density at radius 2 is 0.558 bits per heavy atom. The number of phosphoric acid groups is 2. The van der Waals surface area contributed by atoms with Crippen LogP contribution in [-0.4, -0.2) is 96.7 Å². The summed E-state index contributed by atoms with van der Waals surface area (Å²) < 4.78 is 68.0. The minimum Gasteiger partial charge on any atom is -0.462 e. The fraction of sp³-hybridized carbons (Fsp3) is 0.881. The van der Waals surface area contributed by atoms with Crippen LogP contribution in [0.15, 0.2) is 24.3 Å². The number of hydrogen-bond donors (Lipinski definition) is 3. The average Bonchev–Trinajstić information content (AvgIpc) is 3.70. The topological polar surface area (TPSA) is 237 Å². The predicted octanol–water partition coefficient (Wildman–Crippen LogP) is 18.7. The maximum Gasteiger partial charge on any atom is 0.472 e. The Balaban J connectivity index is 5.27. The summed E-state index contributed by atoms with van der Waals surface area (Å²) in [7, 11) is -9.90. The van der Waals surface area contributed by atoms with Crippen LogP contribution < -0.4 is 0 Å². The molecule has 0 heterocycles. The van der Waals surface area contributed by atoms with Gasteiger partial charge >= 0.3 is 39.5 Å². The summed E-state index contributed by atoms with van der Waals surface area (Å²) in [6.45, 7) is 4.83. The quantitative estimate of drug-likeness (QED) is 0.0169. The summed E-state index contributed by atoms with van der Waals surface area (Å²) in [5.74, 6) is -2.16. The minimum absolute atomic E-state index is 0.0855. The fourth-order valence-electron chi connectivity index (χ4n) is 9.62. The Labute approximate surface area is 522 Å². The Morgan fingerprint density at radius 1 is 0.326 bits per heavy atom. The summed E-state index contributed by atoms with van der Waals surface area (Å²) in [5.41, 5.74) is 0. The summed E-state index contributed by atoms with van der Waals surface area (Å²) >= 11 is 0. The van der Waals surface area contributed by atoms with Crippen LogP contribution in [0.25, 0.3) is 0 Å². The van der Waals surface area contributed by atoms with E-state index in [0.29, 0.717) is 25.7 Å². The second-order valence-electron chi connectivity index (χ2n) is 23.5. The second-order valence-corrected chi connectivity index (χ2v) is 26.4. The average molecular weight is 1270 g/mol. The molecule has 0 bridgehead atoms. The molecular formula is C67H126O17P2. The zero-order valence-electron chi connectivity index (χ0n) is 54.8. The molecule has 3 N–H and O–H groups in total. The van der Waals surface area contributed by atoms with E-state index in [-0.39, 0.29) is 25.7 Å². The van der Waals surface area contributed by atoms with Gasteiger partial charge in [0.25, 0.3) is 0 Å². The molecule has 5 atom stereocenters. The molecule has 17 nitrogen and oxygen atoms in total. The van der Waals surface area contributed by atoms with Crippen LogP contribution in [0.1, 0.15) is 323 Å². The van der Waals surface area contributed by atoms with E-state index < -0.39 is 97.5 Å². The molecule has 0 aliphatic rings. The lowest BCUT2D eigenvalue weighted by Gasteiger charge is -2.21. The van der Waals surface area contributed by atoms with Crippen molar-refractivity contribution in [1.29, 1.82) is 0 Å². The molecule has 19 heteroatoms. The largest absolute Gasteiger partial charge is 0.472 e. The normalized spacial score (nSPS) is 14.3. The zero-order valence-corrected chi connectivity index (χ0v) is 56.6. The Bertz CT molecular complexity index is 1750. The Morgan fingerprint density at radius 3 is 0.849 bits per heavy atom. The predicted molar refractivity (Wildman–Crippen MR) is 345 cm³/mol. The second kappa shape index (κ2) is 61.4. The van der Waals surface area contributed by atoms with Crippen molar-refractivity contribution in [2.75, 3.05) is 39.6 Å². The third kappa shape index (κ3) is 60.5. The summed E-state index contributed by atoms with van der Waals surface area (Å²) in [6.07, 6.45) is 50.6. The molecule has 0 radical (unpaired) electrons. The highest BCUT2D eigenvalue weighted by molar-refractivity contribution is 7.47. The Kier molecular flexibility index (Phi) is 59.6. The summed E-state index contributed by atoms with van der Waals surface area (Å²) in [6, 6.07) is 0. The third-order valence-electron chi connectivity index (χ3n) is 15.0. The van der Waals surface area contributed by atoms with Crippen molar-refractivity contribution in [2.24, 2.45) is 0 Å². The molecule has 0 aliphatic heterocycles. The van der Waals surface area contributed by atoms with Crippen LogP contribution in [0.4, 0.5) is 0 Å². The monoisotopic (exact) mass is 1260 g/mol. The van der Waals surface area contributed by atoms with Crippen LogP contribution >= 0.6 is 15.6 Å². The number of allylic oxidation sites excluding steroid dienone is 4. The molecule has 0 aromatic rings. The van der Waals surface area contributed by atoms with Crippen LogP contribution in [0.3, 0.4) is 0 Å². The standard InChI is InChI=1S/C67H126O17P2/c1-5-9-13-17-21-25-29-30-31-32-34-38-42-46-50-54-67(72)84-63(58-78-65(70)52-48-44-40-37-33-26-22-18-14-10-6-2)60-82-86(75,76)80-56-61(68)55-79-85(73,74)81-59-62(83-66(71)53-49-45-41-36-28-24-20-16-12-8-4)57-77-64(69)51-47-43-39-35-27-23-19-15-11-7-3/h25,29-31,61-63,68H,5-24,26-28,32-60H2,1-4H3,(H,73,74)(H,75,76)/b29-25-,31-30-/t61-,62+,63+/m0/s1. The SMILES string of the molecule is CCCCCC/C=C\C=C/CCCCCCCC(=O)O[C@H](COC(=O)CCCCCCCCCCCCC)COP(=O)(O)OC[C@@H](O)COP(=O)(O)OC[C@@H](COC(=O)CCCCCCCCCCCC)OC(=O)CCCCCCCCCCCC. The van der Waals surface area contributed by atoms with Gasteiger partial charge in [0, 0.05) is 25.7 Å². The molecule has 506 valence electrons. The van der Waals surface area contributed by atoms with Crippen molar-refractivity contribution >= 4 is 39.5 Å². The first-order valence-electron chi connectivity index (χ1n) is 34.6. The van der Waals surface area contributed by atoms with E-state index in [4.69, 9.17) is 37.0 Å². The van der Waals surface area contributed by atoms with E-state index in [1.54, 1.807) is 0 Å². The smallest absolute Gasteiger partial charge is 0.462 e. The summed E-state index contributed by atoms with van der Waals surface area (Å²) in [5, 5.41) is 10.5.